The topological polar surface area (TPSA) is 79.4 Å². The number of rotatable bonds is 6. The van der Waals surface area contributed by atoms with E-state index >= 15 is 0 Å². The van der Waals surface area contributed by atoms with E-state index in [-0.39, 0.29) is 41.9 Å². The van der Waals surface area contributed by atoms with Gasteiger partial charge in [-0.3, -0.25) is 24.3 Å². The van der Waals surface area contributed by atoms with Crippen LogP contribution in [0.1, 0.15) is 82.9 Å². The van der Waals surface area contributed by atoms with Crippen LogP contribution in [0.5, 0.6) is 0 Å². The Hall–Kier alpha value is -3.02. The lowest BCUT2D eigenvalue weighted by Gasteiger charge is -2.37. The maximum atomic E-state index is 13.8. The molecule has 34 heavy (non-hydrogen) atoms. The van der Waals surface area contributed by atoms with Gasteiger partial charge in [-0.25, -0.2) is 0 Å². The molecule has 1 unspecified atom stereocenters. The Labute approximate surface area is 202 Å². The van der Waals surface area contributed by atoms with Crippen LogP contribution in [0.4, 0.5) is 5.69 Å². The fourth-order valence-electron chi connectivity index (χ4n) is 4.87. The molecule has 0 spiro atoms. The highest BCUT2D eigenvalue weighted by atomic mass is 16.2. The van der Waals surface area contributed by atoms with Gasteiger partial charge in [0.05, 0.1) is 5.92 Å². The minimum Gasteiger partial charge on any atom is -0.351 e. The number of hydrogen-bond donors (Lipinski definition) is 1. The lowest BCUT2D eigenvalue weighted by atomic mass is 9.82. The van der Waals surface area contributed by atoms with Crippen LogP contribution in [-0.4, -0.2) is 28.6 Å². The molecule has 0 radical (unpaired) electrons. The quantitative estimate of drug-likeness (QED) is 0.665. The summed E-state index contributed by atoms with van der Waals surface area (Å²) < 4.78 is 0. The van der Waals surface area contributed by atoms with Crippen molar-refractivity contribution in [1.29, 1.82) is 0 Å². The van der Waals surface area contributed by atoms with Crippen molar-refractivity contribution < 1.29 is 14.4 Å². The van der Waals surface area contributed by atoms with Gasteiger partial charge in [-0.15, -0.1) is 0 Å². The normalized spacial score (nSPS) is 18.1. The van der Waals surface area contributed by atoms with Gasteiger partial charge in [-0.05, 0) is 42.0 Å². The van der Waals surface area contributed by atoms with Gasteiger partial charge >= 0.3 is 0 Å². The summed E-state index contributed by atoms with van der Waals surface area (Å²) in [6.45, 7) is 6.42. The van der Waals surface area contributed by atoms with Crippen LogP contribution in [0.25, 0.3) is 0 Å². The zero-order valence-corrected chi connectivity index (χ0v) is 20.4. The molecule has 6 heteroatoms. The molecule has 180 valence electrons. The van der Waals surface area contributed by atoms with E-state index < -0.39 is 12.0 Å². The summed E-state index contributed by atoms with van der Waals surface area (Å²) in [4.78, 5) is 45.0. The van der Waals surface area contributed by atoms with Crippen LogP contribution in [0.3, 0.4) is 0 Å². The maximum absolute atomic E-state index is 13.8. The second kappa shape index (κ2) is 10.1. The number of nitrogens with one attached hydrogen (secondary N) is 1. The van der Waals surface area contributed by atoms with Crippen LogP contribution in [0.15, 0.2) is 48.8 Å². The van der Waals surface area contributed by atoms with E-state index in [2.05, 4.69) is 31.1 Å². The van der Waals surface area contributed by atoms with Gasteiger partial charge in [0.2, 0.25) is 11.8 Å². The fraction of sp³-hybridized carbons (Fsp3) is 0.500. The average molecular weight is 462 g/mol. The third-order valence-corrected chi connectivity index (χ3v) is 7.00. The molecule has 0 aliphatic heterocycles. The molecule has 1 N–H and O–H groups in total. The molecule has 0 saturated heterocycles. The van der Waals surface area contributed by atoms with Crippen LogP contribution in [0, 0.1) is 5.92 Å². The number of anilines is 1. The first-order valence-electron chi connectivity index (χ1n) is 12.4. The van der Waals surface area contributed by atoms with Gasteiger partial charge in [0, 0.05) is 42.5 Å². The molecular formula is C28H35N3O3. The van der Waals surface area contributed by atoms with Gasteiger partial charge in [-0.1, -0.05) is 58.2 Å². The van der Waals surface area contributed by atoms with Crippen LogP contribution < -0.4 is 10.2 Å². The molecule has 2 fully saturated rings. The smallest absolute Gasteiger partial charge is 0.248 e. The van der Waals surface area contributed by atoms with Gasteiger partial charge in [0.25, 0.3) is 0 Å². The number of hydrogen-bond acceptors (Lipinski definition) is 4. The Kier molecular flexibility index (Phi) is 7.15. The monoisotopic (exact) mass is 461 g/mol. The molecule has 1 heterocycles. The Morgan fingerprint density at radius 3 is 2.26 bits per heavy atom. The van der Waals surface area contributed by atoms with Gasteiger partial charge in [0.1, 0.15) is 11.8 Å². The zero-order chi connectivity index (χ0) is 24.3. The molecule has 1 aromatic carbocycles. The first-order chi connectivity index (χ1) is 16.2. The second-order valence-corrected chi connectivity index (χ2v) is 10.7. The van der Waals surface area contributed by atoms with Gasteiger partial charge in [0.15, 0.2) is 0 Å². The highest BCUT2D eigenvalue weighted by Gasteiger charge is 2.41. The summed E-state index contributed by atoms with van der Waals surface area (Å²) in [5.74, 6) is -0.683. The van der Waals surface area contributed by atoms with Gasteiger partial charge < -0.3 is 5.32 Å². The number of nitrogens with zero attached hydrogens (tertiary/aromatic N) is 2. The highest BCUT2D eigenvalue weighted by Crippen LogP contribution is 2.35. The molecule has 1 aromatic heterocycles. The average Bonchev–Trinajstić information content (AvgIpc) is 2.80. The number of Topliss-reactive ketones (excluding diaryl/α,β-unsaturated/α-hetero) is 1. The van der Waals surface area contributed by atoms with E-state index in [1.165, 1.54) is 6.42 Å². The summed E-state index contributed by atoms with van der Waals surface area (Å²) in [5, 5.41) is 3.21. The van der Waals surface area contributed by atoms with Crippen molar-refractivity contribution in [3.05, 3.63) is 59.9 Å². The molecule has 6 nitrogen and oxygen atoms in total. The fourth-order valence-corrected chi connectivity index (χ4v) is 4.87. The third-order valence-electron chi connectivity index (χ3n) is 7.00. The molecular weight excluding hydrogens is 426 g/mol. The van der Waals surface area contributed by atoms with E-state index in [9.17, 15) is 14.4 Å². The number of aromatic nitrogens is 1. The standard InChI is InChI=1S/C28H35N3O3/c1-28(2,3)21-11-13-23(14-12-21)31(27(34)20-16-24(32)17-20)25(19-8-7-15-29-18-19)26(33)30-22-9-5-4-6-10-22/h7-8,11-15,18,20,22,25H,4-6,9-10,16-17H2,1-3H3,(H,30,33). The van der Waals surface area contributed by atoms with Crippen molar-refractivity contribution >= 4 is 23.3 Å². The first-order valence-corrected chi connectivity index (χ1v) is 12.4. The van der Waals surface area contributed by atoms with Crippen molar-refractivity contribution in [2.75, 3.05) is 4.90 Å². The van der Waals surface area contributed by atoms with Crippen LogP contribution in [-0.2, 0) is 19.8 Å². The van der Waals surface area contributed by atoms with E-state index in [0.29, 0.717) is 11.3 Å². The molecule has 2 aliphatic carbocycles. The molecule has 0 bridgehead atoms. The number of benzene rings is 1. The minimum atomic E-state index is -0.848. The molecule has 2 aromatic rings. The Morgan fingerprint density at radius 1 is 1.03 bits per heavy atom. The summed E-state index contributed by atoms with van der Waals surface area (Å²) >= 11 is 0. The summed E-state index contributed by atoms with van der Waals surface area (Å²) in [5.41, 5.74) is 2.43. The largest absolute Gasteiger partial charge is 0.351 e. The summed E-state index contributed by atoms with van der Waals surface area (Å²) in [6, 6.07) is 10.8. The highest BCUT2D eigenvalue weighted by molar-refractivity contribution is 6.07. The predicted molar refractivity (Wildman–Crippen MR) is 132 cm³/mol. The lowest BCUT2D eigenvalue weighted by Crippen LogP contribution is -2.50. The van der Waals surface area contributed by atoms with Gasteiger partial charge in [-0.2, -0.15) is 0 Å². The predicted octanol–water partition coefficient (Wildman–Crippen LogP) is 4.88. The maximum Gasteiger partial charge on any atom is 0.248 e. The molecule has 2 aliphatic rings. The zero-order valence-electron chi connectivity index (χ0n) is 20.4. The third kappa shape index (κ3) is 5.37. The Bertz CT molecular complexity index is 1010. The number of carbonyl (C=O) groups is 3. The molecule has 2 amide bonds. The van der Waals surface area contributed by atoms with E-state index in [0.717, 1.165) is 31.2 Å². The minimum absolute atomic E-state index is 0.0329. The van der Waals surface area contributed by atoms with Crippen molar-refractivity contribution in [2.45, 2.75) is 83.2 Å². The number of pyridine rings is 1. The number of amides is 2. The molecule has 4 rings (SSSR count). The first kappa shape index (κ1) is 24.1. The van der Waals surface area contributed by atoms with Crippen LogP contribution >= 0.6 is 0 Å². The molecule has 1 atom stereocenters. The van der Waals surface area contributed by atoms with Crippen molar-refractivity contribution in [1.82, 2.24) is 10.3 Å². The van der Waals surface area contributed by atoms with E-state index in [4.69, 9.17) is 0 Å². The Morgan fingerprint density at radius 2 is 1.71 bits per heavy atom. The molecule has 2 saturated carbocycles. The summed E-state index contributed by atoms with van der Waals surface area (Å²) in [7, 11) is 0. The SMILES string of the molecule is CC(C)(C)c1ccc(N(C(=O)C2CC(=O)C2)C(C(=O)NC2CCCCC2)c2cccnc2)cc1. The second-order valence-electron chi connectivity index (χ2n) is 10.7. The van der Waals surface area contributed by atoms with Crippen molar-refractivity contribution in [3.8, 4) is 0 Å². The lowest BCUT2D eigenvalue weighted by molar-refractivity contribution is -0.137. The van der Waals surface area contributed by atoms with Crippen molar-refractivity contribution in [2.24, 2.45) is 5.92 Å². The number of carbonyl (C=O) groups excluding carboxylic acids is 3. The van der Waals surface area contributed by atoms with Crippen LogP contribution in [0.2, 0.25) is 0 Å². The van der Waals surface area contributed by atoms with Crippen molar-refractivity contribution in [3.63, 3.8) is 0 Å². The van der Waals surface area contributed by atoms with E-state index in [1.54, 1.807) is 23.4 Å². The number of ketones is 1. The summed E-state index contributed by atoms with van der Waals surface area (Å²) in [6.07, 6.45) is 9.09. The van der Waals surface area contributed by atoms with E-state index in [1.807, 2.05) is 30.3 Å². The Balaban J connectivity index is 1.73.